The molecule has 0 bridgehead atoms. The predicted octanol–water partition coefficient (Wildman–Crippen LogP) is 1.19. The van der Waals surface area contributed by atoms with Gasteiger partial charge in [-0.05, 0) is 41.8 Å². The molecule has 0 heterocycles. The highest BCUT2D eigenvalue weighted by Gasteiger charge is 2.36. The highest BCUT2D eigenvalue weighted by molar-refractivity contribution is 7.91. The number of rotatable bonds is 3. The number of hydrogen-bond acceptors (Lipinski definition) is 5. The van der Waals surface area contributed by atoms with Crippen molar-refractivity contribution in [3.05, 3.63) is 59.7 Å². The van der Waals surface area contributed by atoms with Gasteiger partial charge in [-0.15, -0.1) is 0 Å². The molecule has 0 saturated carbocycles. The third-order valence-corrected chi connectivity index (χ3v) is 6.14. The minimum Gasteiger partial charge on any atom is -0.508 e. The zero-order chi connectivity index (χ0) is 16.6. The molecule has 3 rings (SSSR count). The van der Waals surface area contributed by atoms with Gasteiger partial charge in [-0.3, -0.25) is 0 Å². The van der Waals surface area contributed by atoms with Crippen LogP contribution in [0.1, 0.15) is 17.0 Å². The van der Waals surface area contributed by atoms with E-state index in [-0.39, 0.29) is 16.4 Å². The number of phenolic OH excluding ortho intramolecular Hbond substituents is 1. The maximum Gasteiger partial charge on any atom is 0.179 e. The fourth-order valence-corrected chi connectivity index (χ4v) is 4.71. The first kappa shape index (κ1) is 16.0. The van der Waals surface area contributed by atoms with E-state index >= 15 is 0 Å². The topological polar surface area (TPSA) is 101 Å². The van der Waals surface area contributed by atoms with Crippen LogP contribution in [0.4, 0.5) is 0 Å². The summed E-state index contributed by atoms with van der Waals surface area (Å²) in [6.45, 7) is 0. The fraction of sp³-hybridized carbons (Fsp3) is 0.294. The molecule has 0 fully saturated rings. The Morgan fingerprint density at radius 2 is 1.74 bits per heavy atom. The molecule has 122 valence electrons. The number of benzene rings is 2. The van der Waals surface area contributed by atoms with Crippen LogP contribution in [0, 0.1) is 0 Å². The Balaban J connectivity index is 1.96. The quantitative estimate of drug-likeness (QED) is 0.783. The number of phenols is 1. The standard InChI is InChI=1S/C17H19NO4S/c18-16-9-11-3-1-2-4-14(11)15(17(16)20)10-23(21,22)13-7-5-12(19)6-8-13/h1-8,15-17,19-20H,9-10,18H2/t15-,16-,17-/m1/s1. The van der Waals surface area contributed by atoms with E-state index in [1.54, 1.807) is 0 Å². The summed E-state index contributed by atoms with van der Waals surface area (Å²) in [7, 11) is -3.60. The molecular weight excluding hydrogens is 314 g/mol. The lowest BCUT2D eigenvalue weighted by molar-refractivity contribution is 0.113. The summed E-state index contributed by atoms with van der Waals surface area (Å²) in [6, 6.07) is 12.4. The highest BCUT2D eigenvalue weighted by atomic mass is 32.2. The molecule has 23 heavy (non-hydrogen) atoms. The Bertz CT molecular complexity index is 802. The lowest BCUT2D eigenvalue weighted by Gasteiger charge is -2.34. The maximum atomic E-state index is 12.6. The molecule has 2 aromatic rings. The van der Waals surface area contributed by atoms with Crippen LogP contribution in [-0.2, 0) is 16.3 Å². The van der Waals surface area contributed by atoms with Crippen LogP contribution in [0.5, 0.6) is 5.75 Å². The zero-order valence-electron chi connectivity index (χ0n) is 12.5. The van der Waals surface area contributed by atoms with Crippen molar-refractivity contribution in [1.82, 2.24) is 0 Å². The number of aliphatic hydroxyl groups excluding tert-OH is 1. The van der Waals surface area contributed by atoms with Crippen molar-refractivity contribution in [2.75, 3.05) is 5.75 Å². The van der Waals surface area contributed by atoms with Gasteiger partial charge >= 0.3 is 0 Å². The largest absolute Gasteiger partial charge is 0.508 e. The van der Waals surface area contributed by atoms with E-state index in [1.807, 2.05) is 24.3 Å². The minimum atomic E-state index is -3.60. The monoisotopic (exact) mass is 333 g/mol. The Labute approximate surface area is 135 Å². The number of hydrogen-bond donors (Lipinski definition) is 3. The Kier molecular flexibility index (Phi) is 4.14. The van der Waals surface area contributed by atoms with E-state index in [2.05, 4.69) is 0 Å². The second-order valence-electron chi connectivity index (χ2n) is 5.94. The molecule has 0 saturated heterocycles. The van der Waals surface area contributed by atoms with Gasteiger partial charge in [0.05, 0.1) is 16.8 Å². The van der Waals surface area contributed by atoms with E-state index < -0.39 is 27.9 Å². The van der Waals surface area contributed by atoms with Crippen LogP contribution in [0.15, 0.2) is 53.4 Å². The highest BCUT2D eigenvalue weighted by Crippen LogP contribution is 2.34. The summed E-state index contributed by atoms with van der Waals surface area (Å²) in [5, 5.41) is 19.7. The number of aromatic hydroxyl groups is 1. The van der Waals surface area contributed by atoms with E-state index in [0.717, 1.165) is 11.1 Å². The summed E-state index contributed by atoms with van der Waals surface area (Å²) in [5.74, 6) is -0.772. The predicted molar refractivity (Wildman–Crippen MR) is 87.0 cm³/mol. The average Bonchev–Trinajstić information content (AvgIpc) is 2.52. The van der Waals surface area contributed by atoms with Crippen molar-refractivity contribution in [3.8, 4) is 5.75 Å². The molecule has 0 unspecified atom stereocenters. The third kappa shape index (κ3) is 3.10. The summed E-state index contributed by atoms with van der Waals surface area (Å²) in [6.07, 6.45) is -0.371. The maximum absolute atomic E-state index is 12.6. The van der Waals surface area contributed by atoms with Crippen molar-refractivity contribution in [3.63, 3.8) is 0 Å². The first-order chi connectivity index (χ1) is 10.9. The van der Waals surface area contributed by atoms with Crippen molar-refractivity contribution in [2.45, 2.75) is 29.4 Å². The van der Waals surface area contributed by atoms with Gasteiger partial charge in [0.15, 0.2) is 9.84 Å². The van der Waals surface area contributed by atoms with Crippen LogP contribution in [-0.4, -0.2) is 36.5 Å². The van der Waals surface area contributed by atoms with Crippen molar-refractivity contribution in [2.24, 2.45) is 5.73 Å². The molecule has 0 amide bonds. The number of aliphatic hydroxyl groups is 1. The molecule has 1 aliphatic rings. The van der Waals surface area contributed by atoms with E-state index in [9.17, 15) is 18.6 Å². The smallest absolute Gasteiger partial charge is 0.179 e. The van der Waals surface area contributed by atoms with Gasteiger partial charge < -0.3 is 15.9 Å². The first-order valence-electron chi connectivity index (χ1n) is 7.42. The van der Waals surface area contributed by atoms with Crippen LogP contribution < -0.4 is 5.73 Å². The summed E-state index contributed by atoms with van der Waals surface area (Å²) < 4.78 is 25.3. The Morgan fingerprint density at radius 3 is 2.43 bits per heavy atom. The summed E-state index contributed by atoms with van der Waals surface area (Å²) in [4.78, 5) is 0.124. The number of sulfone groups is 1. The van der Waals surface area contributed by atoms with Gasteiger partial charge in [-0.1, -0.05) is 24.3 Å². The van der Waals surface area contributed by atoms with Gasteiger partial charge in [-0.25, -0.2) is 8.42 Å². The molecular formula is C17H19NO4S. The summed E-state index contributed by atoms with van der Waals surface area (Å²) >= 11 is 0. The minimum absolute atomic E-state index is 0.00835. The molecule has 0 aromatic heterocycles. The molecule has 6 heteroatoms. The average molecular weight is 333 g/mol. The molecule has 4 N–H and O–H groups in total. The molecule has 0 aliphatic heterocycles. The molecule has 2 aromatic carbocycles. The van der Waals surface area contributed by atoms with E-state index in [4.69, 9.17) is 5.73 Å². The van der Waals surface area contributed by atoms with Gasteiger partial charge in [0.2, 0.25) is 0 Å². The first-order valence-corrected chi connectivity index (χ1v) is 9.07. The third-order valence-electron chi connectivity index (χ3n) is 4.36. The van der Waals surface area contributed by atoms with Gasteiger partial charge in [0.25, 0.3) is 0 Å². The normalized spacial score (nSPS) is 24.2. The van der Waals surface area contributed by atoms with Gasteiger partial charge in [0, 0.05) is 12.0 Å². The molecule has 5 nitrogen and oxygen atoms in total. The Hall–Kier alpha value is -1.89. The van der Waals surface area contributed by atoms with Gasteiger partial charge in [-0.2, -0.15) is 0 Å². The van der Waals surface area contributed by atoms with E-state index in [1.165, 1.54) is 24.3 Å². The van der Waals surface area contributed by atoms with Gasteiger partial charge in [0.1, 0.15) is 5.75 Å². The lowest BCUT2D eigenvalue weighted by atomic mass is 9.79. The molecule has 0 radical (unpaired) electrons. The SMILES string of the molecule is N[C@@H]1Cc2ccccc2[C@@H](CS(=O)(=O)c2ccc(O)cc2)[C@H]1O. The van der Waals surface area contributed by atoms with E-state index in [0.29, 0.717) is 6.42 Å². The number of nitrogens with two attached hydrogens (primary N) is 1. The van der Waals surface area contributed by atoms with Crippen molar-refractivity contribution >= 4 is 9.84 Å². The molecule has 0 spiro atoms. The van der Waals surface area contributed by atoms with Crippen LogP contribution in [0.3, 0.4) is 0 Å². The lowest BCUT2D eigenvalue weighted by Crippen LogP contribution is -2.46. The molecule has 3 atom stereocenters. The Morgan fingerprint density at radius 1 is 1.09 bits per heavy atom. The van der Waals surface area contributed by atoms with Crippen LogP contribution in [0.2, 0.25) is 0 Å². The van der Waals surface area contributed by atoms with Crippen LogP contribution in [0.25, 0.3) is 0 Å². The number of fused-ring (bicyclic) bond motifs is 1. The second-order valence-corrected chi connectivity index (χ2v) is 7.97. The van der Waals surface area contributed by atoms with Crippen molar-refractivity contribution in [1.29, 1.82) is 0 Å². The fourth-order valence-electron chi connectivity index (χ4n) is 3.11. The summed E-state index contributed by atoms with van der Waals surface area (Å²) in [5.41, 5.74) is 7.80. The zero-order valence-corrected chi connectivity index (χ0v) is 13.3. The van der Waals surface area contributed by atoms with Crippen molar-refractivity contribution < 1.29 is 18.6 Å². The second kappa shape index (κ2) is 5.96. The van der Waals surface area contributed by atoms with Crippen LogP contribution >= 0.6 is 0 Å². The molecule has 1 aliphatic carbocycles.